The molecule has 5 N–H and O–H groups in total. The van der Waals surface area contributed by atoms with Gasteiger partial charge in [-0.25, -0.2) is 0 Å². The van der Waals surface area contributed by atoms with Crippen LogP contribution in [0, 0.1) is 5.92 Å². The van der Waals surface area contributed by atoms with Crippen LogP contribution in [0.15, 0.2) is 35.4 Å². The molecule has 17 heavy (non-hydrogen) atoms. The quantitative estimate of drug-likeness (QED) is 0.552. The van der Waals surface area contributed by atoms with Crippen molar-refractivity contribution in [1.29, 1.82) is 0 Å². The van der Waals surface area contributed by atoms with Crippen LogP contribution in [0.5, 0.6) is 0 Å². The highest BCUT2D eigenvalue weighted by Crippen LogP contribution is 2.23. The van der Waals surface area contributed by atoms with Crippen LogP contribution in [-0.4, -0.2) is 18.0 Å². The van der Waals surface area contributed by atoms with Crippen LogP contribution >= 0.6 is 0 Å². The summed E-state index contributed by atoms with van der Waals surface area (Å²) in [4.78, 5) is 0. The lowest BCUT2D eigenvalue weighted by molar-refractivity contribution is 0.203. The normalized spacial score (nSPS) is 35.9. The van der Waals surface area contributed by atoms with Crippen molar-refractivity contribution in [1.82, 2.24) is 16.1 Å². The molecule has 0 spiro atoms. The Morgan fingerprint density at radius 2 is 1.94 bits per heavy atom. The molecule has 1 aromatic carbocycles. The van der Waals surface area contributed by atoms with E-state index in [9.17, 15) is 0 Å². The van der Waals surface area contributed by atoms with Crippen LogP contribution in [0.2, 0.25) is 0 Å². The molecule has 2 heterocycles. The molecule has 5 heteroatoms. The van der Waals surface area contributed by atoms with Gasteiger partial charge in [0.15, 0.2) is 0 Å². The summed E-state index contributed by atoms with van der Waals surface area (Å²) in [6.45, 7) is 2.14. The maximum atomic E-state index is 5.87. The lowest BCUT2D eigenvalue weighted by atomic mass is 9.93. The first-order valence-corrected chi connectivity index (χ1v) is 5.91. The molecule has 3 rings (SSSR count). The second-order valence-electron chi connectivity index (χ2n) is 4.63. The molecule has 4 unspecified atom stereocenters. The van der Waals surface area contributed by atoms with Gasteiger partial charge in [-0.15, -0.1) is 0 Å². The zero-order valence-corrected chi connectivity index (χ0v) is 9.72. The third-order valence-electron chi connectivity index (χ3n) is 3.48. The first-order chi connectivity index (χ1) is 8.25. The van der Waals surface area contributed by atoms with E-state index in [2.05, 4.69) is 40.2 Å². The van der Waals surface area contributed by atoms with Crippen LogP contribution in [0.25, 0.3) is 0 Å². The van der Waals surface area contributed by atoms with Gasteiger partial charge in [0.25, 0.3) is 0 Å². The molecule has 0 aromatic heterocycles. The smallest absolute Gasteiger partial charge is 0.127 e. The average Bonchev–Trinajstić information content (AvgIpc) is 2.73. The highest BCUT2D eigenvalue weighted by atomic mass is 15.4. The number of fused-ring (bicyclic) bond motifs is 1. The van der Waals surface area contributed by atoms with Crippen LogP contribution in [0.3, 0.4) is 0 Å². The molecule has 2 aliphatic heterocycles. The first kappa shape index (κ1) is 10.6. The van der Waals surface area contributed by atoms with Crippen molar-refractivity contribution in [3.8, 4) is 0 Å². The van der Waals surface area contributed by atoms with Crippen molar-refractivity contribution in [3.63, 3.8) is 0 Å². The van der Waals surface area contributed by atoms with Crippen molar-refractivity contribution < 1.29 is 0 Å². The predicted molar refractivity (Wildman–Crippen MR) is 67.0 cm³/mol. The number of nitrogens with one attached hydrogen (secondary N) is 3. The molecule has 2 aliphatic rings. The van der Waals surface area contributed by atoms with E-state index in [1.807, 2.05) is 18.2 Å². The maximum Gasteiger partial charge on any atom is 0.127 e. The number of hydrazone groups is 1. The van der Waals surface area contributed by atoms with Gasteiger partial charge in [0.1, 0.15) is 12.0 Å². The fourth-order valence-corrected chi connectivity index (χ4v) is 2.59. The van der Waals surface area contributed by atoms with Gasteiger partial charge < -0.3 is 5.73 Å². The fraction of sp³-hybridized carbons (Fsp3) is 0.417. The molecule has 0 aliphatic carbocycles. The number of nitrogens with zero attached hydrogens (tertiary/aromatic N) is 1. The Morgan fingerprint density at radius 3 is 2.71 bits per heavy atom. The Hall–Kier alpha value is -1.59. The van der Waals surface area contributed by atoms with E-state index in [0.29, 0.717) is 11.9 Å². The monoisotopic (exact) mass is 231 g/mol. The van der Waals surface area contributed by atoms with Crippen LogP contribution in [0.4, 0.5) is 0 Å². The molecule has 0 saturated carbocycles. The third-order valence-corrected chi connectivity index (χ3v) is 3.48. The van der Waals surface area contributed by atoms with Crippen LogP contribution in [-0.2, 0) is 0 Å². The number of nitrogens with two attached hydrogens (primary N) is 1. The number of hydrogen-bond donors (Lipinski definition) is 4. The van der Waals surface area contributed by atoms with Gasteiger partial charge in [0, 0.05) is 6.04 Å². The SMILES string of the molecule is CC1NC(c2ccccc2)NC2NN=C(N)C12. The summed E-state index contributed by atoms with van der Waals surface area (Å²) in [5.74, 6) is 0.893. The Balaban J connectivity index is 1.80. The maximum absolute atomic E-state index is 5.87. The summed E-state index contributed by atoms with van der Waals surface area (Å²) >= 11 is 0. The van der Waals surface area contributed by atoms with E-state index in [1.165, 1.54) is 5.56 Å². The molecule has 5 nitrogen and oxygen atoms in total. The second kappa shape index (κ2) is 4.01. The van der Waals surface area contributed by atoms with E-state index < -0.39 is 0 Å². The van der Waals surface area contributed by atoms with E-state index in [4.69, 9.17) is 5.73 Å². The summed E-state index contributed by atoms with van der Waals surface area (Å²) in [5, 5.41) is 11.1. The Bertz CT molecular complexity index is 430. The minimum Gasteiger partial charge on any atom is -0.385 e. The second-order valence-corrected chi connectivity index (χ2v) is 4.63. The van der Waals surface area contributed by atoms with E-state index >= 15 is 0 Å². The van der Waals surface area contributed by atoms with Crippen molar-refractivity contribution in [2.45, 2.75) is 25.3 Å². The summed E-state index contributed by atoms with van der Waals surface area (Å²) in [6.07, 6.45) is 0.262. The molecule has 0 bridgehead atoms. The molecule has 90 valence electrons. The Labute approximate surface area is 100 Å². The van der Waals surface area contributed by atoms with Crippen molar-refractivity contribution in [2.75, 3.05) is 0 Å². The first-order valence-electron chi connectivity index (χ1n) is 5.91. The summed E-state index contributed by atoms with van der Waals surface area (Å²) < 4.78 is 0. The van der Waals surface area contributed by atoms with Crippen molar-refractivity contribution >= 4 is 5.84 Å². The predicted octanol–water partition coefficient (Wildman–Crippen LogP) is 0.0842. The molecular weight excluding hydrogens is 214 g/mol. The summed E-state index contributed by atoms with van der Waals surface area (Å²) in [7, 11) is 0. The van der Waals surface area contributed by atoms with Crippen molar-refractivity contribution in [2.24, 2.45) is 16.8 Å². The van der Waals surface area contributed by atoms with Gasteiger partial charge in [0.05, 0.1) is 12.1 Å². The standard InChI is InChI=1S/C12H17N5/c1-7-9-10(13)16-17-12(9)15-11(14-7)8-5-3-2-4-6-8/h2-7,9,11-12,14-15,17H,1H3,(H2,13,16). The minimum absolute atomic E-state index is 0.122. The molecule has 1 saturated heterocycles. The van der Waals surface area contributed by atoms with Crippen LogP contribution in [0.1, 0.15) is 18.7 Å². The summed E-state index contributed by atoms with van der Waals surface area (Å²) in [5.41, 5.74) is 10.1. The highest BCUT2D eigenvalue weighted by Gasteiger charge is 2.40. The van der Waals surface area contributed by atoms with Gasteiger partial charge in [-0.1, -0.05) is 30.3 Å². The summed E-state index contributed by atoms with van der Waals surface area (Å²) in [6, 6.07) is 10.6. The molecule has 1 aromatic rings. The number of benzene rings is 1. The van der Waals surface area contributed by atoms with Crippen molar-refractivity contribution in [3.05, 3.63) is 35.9 Å². The lowest BCUT2D eigenvalue weighted by Crippen LogP contribution is -2.61. The molecule has 0 amide bonds. The number of hydrogen-bond acceptors (Lipinski definition) is 5. The molecule has 1 fully saturated rings. The van der Waals surface area contributed by atoms with Gasteiger partial charge >= 0.3 is 0 Å². The zero-order valence-electron chi connectivity index (χ0n) is 9.72. The van der Waals surface area contributed by atoms with E-state index in [-0.39, 0.29) is 18.2 Å². The third kappa shape index (κ3) is 1.77. The average molecular weight is 231 g/mol. The fourth-order valence-electron chi connectivity index (χ4n) is 2.59. The number of rotatable bonds is 1. The molecule has 0 radical (unpaired) electrons. The topological polar surface area (TPSA) is 74.5 Å². The Kier molecular flexibility index (Phi) is 2.49. The van der Waals surface area contributed by atoms with Gasteiger partial charge in [0.2, 0.25) is 0 Å². The largest absolute Gasteiger partial charge is 0.385 e. The number of amidine groups is 1. The van der Waals surface area contributed by atoms with Gasteiger partial charge in [-0.2, -0.15) is 5.10 Å². The highest BCUT2D eigenvalue weighted by molar-refractivity contribution is 5.85. The molecule has 4 atom stereocenters. The van der Waals surface area contributed by atoms with E-state index in [1.54, 1.807) is 0 Å². The molecular formula is C12H17N5. The minimum atomic E-state index is 0.122. The lowest BCUT2D eigenvalue weighted by Gasteiger charge is -2.38. The van der Waals surface area contributed by atoms with Gasteiger partial charge in [-0.3, -0.25) is 16.1 Å². The van der Waals surface area contributed by atoms with Crippen LogP contribution < -0.4 is 21.8 Å². The zero-order chi connectivity index (χ0) is 11.8. The van der Waals surface area contributed by atoms with E-state index in [0.717, 1.165) is 0 Å². The Morgan fingerprint density at radius 1 is 1.18 bits per heavy atom. The van der Waals surface area contributed by atoms with Gasteiger partial charge in [-0.05, 0) is 12.5 Å².